The summed E-state index contributed by atoms with van der Waals surface area (Å²) in [5, 5.41) is 24.1. The van der Waals surface area contributed by atoms with Gasteiger partial charge in [0.15, 0.2) is 5.82 Å². The van der Waals surface area contributed by atoms with E-state index in [1.807, 2.05) is 10.7 Å². The summed E-state index contributed by atoms with van der Waals surface area (Å²) in [5.74, 6) is 0.885. The van der Waals surface area contributed by atoms with Crippen LogP contribution < -0.4 is 21.0 Å². The van der Waals surface area contributed by atoms with Gasteiger partial charge in [-0.2, -0.15) is 10.1 Å². The number of carboxylic acid groups (broad SMARTS) is 1. The number of piperidine rings is 1. The number of rotatable bonds is 14. The summed E-state index contributed by atoms with van der Waals surface area (Å²) >= 11 is 0. The van der Waals surface area contributed by atoms with Crippen LogP contribution >= 0.6 is 0 Å². The Labute approximate surface area is 346 Å². The lowest BCUT2D eigenvalue weighted by Crippen LogP contribution is -2.66. The van der Waals surface area contributed by atoms with Crippen LogP contribution in [-0.2, 0) is 15.7 Å². The van der Waals surface area contributed by atoms with Gasteiger partial charge in [-0.05, 0) is 64.2 Å². The number of anilines is 2. The number of carbonyl (C=O) groups is 2. The fraction of sp³-hybridized carbons (Fsp3) is 0.378. The molecule has 7 rings (SSSR count). The smallest absolute Gasteiger partial charge is 0.413 e. The molecule has 1 aliphatic rings. The maximum absolute atomic E-state index is 12.4. The minimum Gasteiger partial charge on any atom is -0.465 e. The largest absolute Gasteiger partial charge is 0.465 e. The number of nitrogens with one attached hydrogen (secondary N) is 2. The van der Waals surface area contributed by atoms with E-state index in [0.717, 1.165) is 42.1 Å². The number of hydrogen-bond donors (Lipinski definition) is 3. The van der Waals surface area contributed by atoms with Crippen LogP contribution in [-0.4, -0.2) is 88.1 Å². The molecule has 3 aromatic heterocycles. The van der Waals surface area contributed by atoms with Gasteiger partial charge in [0.2, 0.25) is 5.95 Å². The molecule has 13 nitrogen and oxygen atoms in total. The van der Waals surface area contributed by atoms with Crippen LogP contribution in [0.4, 0.5) is 21.4 Å². The number of carbonyl (C=O) groups excluding carboxylic acids is 1. The van der Waals surface area contributed by atoms with E-state index in [2.05, 4.69) is 122 Å². The Hall–Kier alpha value is -5.86. The van der Waals surface area contributed by atoms with Crippen molar-refractivity contribution in [2.45, 2.75) is 83.3 Å². The van der Waals surface area contributed by atoms with Crippen molar-refractivity contribution in [3.63, 3.8) is 0 Å². The summed E-state index contributed by atoms with van der Waals surface area (Å²) in [6.07, 6.45) is 5.96. The lowest BCUT2D eigenvalue weighted by atomic mass is 9.86. The summed E-state index contributed by atoms with van der Waals surface area (Å²) < 4.78 is 14.1. The fourth-order valence-electron chi connectivity index (χ4n) is 8.64. The van der Waals surface area contributed by atoms with Crippen LogP contribution in [0.1, 0.15) is 76.8 Å². The molecular weight excluding hydrogens is 761 g/mol. The van der Waals surface area contributed by atoms with Crippen LogP contribution in [0, 0.1) is 0 Å². The Morgan fingerprint density at radius 3 is 2.25 bits per heavy atom. The summed E-state index contributed by atoms with van der Waals surface area (Å²) in [4.78, 5) is 39.8. The molecule has 0 saturated carbocycles. The fourth-order valence-corrected chi connectivity index (χ4v) is 13.2. The van der Waals surface area contributed by atoms with Gasteiger partial charge in [-0.25, -0.2) is 14.6 Å². The molecule has 4 heterocycles. The van der Waals surface area contributed by atoms with E-state index < -0.39 is 20.5 Å². The SMILES string of the molecule is CCCC(CCO[Si](c1ccccc1)(c1ccccc1)C(C)(C)C)Nc1nc(NC(=O)OC)nc2cnn(Cc3ccc(C4CCN(C(=O)O)CC4)c4cccnc34)c12. The van der Waals surface area contributed by atoms with Gasteiger partial charge in [0.05, 0.1) is 25.4 Å². The Balaban J connectivity index is 1.20. The van der Waals surface area contributed by atoms with E-state index in [4.69, 9.17) is 24.2 Å². The van der Waals surface area contributed by atoms with Gasteiger partial charge < -0.3 is 24.5 Å². The quantitative estimate of drug-likeness (QED) is 0.0921. The van der Waals surface area contributed by atoms with Crippen molar-refractivity contribution >= 4 is 64.6 Å². The van der Waals surface area contributed by atoms with Crippen molar-refractivity contribution < 1.29 is 23.9 Å². The van der Waals surface area contributed by atoms with E-state index in [1.54, 1.807) is 12.4 Å². The molecule has 308 valence electrons. The van der Waals surface area contributed by atoms with Crippen LogP contribution in [0.3, 0.4) is 0 Å². The van der Waals surface area contributed by atoms with Gasteiger partial charge in [0, 0.05) is 37.3 Å². The van der Waals surface area contributed by atoms with Crippen molar-refractivity contribution in [1.29, 1.82) is 0 Å². The third kappa shape index (κ3) is 8.79. The number of likely N-dealkylation sites (tertiary alicyclic amines) is 1. The van der Waals surface area contributed by atoms with Crippen molar-refractivity contribution in [1.82, 2.24) is 29.6 Å². The molecule has 0 bridgehead atoms. The average molecular weight is 815 g/mol. The predicted octanol–water partition coefficient (Wildman–Crippen LogP) is 8.01. The molecule has 6 aromatic rings. The van der Waals surface area contributed by atoms with Gasteiger partial charge in [0.1, 0.15) is 11.0 Å². The summed E-state index contributed by atoms with van der Waals surface area (Å²) in [6.45, 7) is 11.0. The Morgan fingerprint density at radius 1 is 0.932 bits per heavy atom. The molecule has 1 fully saturated rings. The first-order valence-electron chi connectivity index (χ1n) is 20.5. The monoisotopic (exact) mass is 814 g/mol. The minimum atomic E-state index is -2.75. The second kappa shape index (κ2) is 18.0. The zero-order valence-corrected chi connectivity index (χ0v) is 35.5. The highest BCUT2D eigenvalue weighted by molar-refractivity contribution is 6.99. The normalized spacial score (nSPS) is 14.4. The zero-order valence-electron chi connectivity index (χ0n) is 34.5. The Bertz CT molecular complexity index is 2340. The number of aromatic nitrogens is 5. The lowest BCUT2D eigenvalue weighted by Gasteiger charge is -2.43. The van der Waals surface area contributed by atoms with E-state index in [1.165, 1.54) is 27.9 Å². The van der Waals surface area contributed by atoms with E-state index in [9.17, 15) is 14.7 Å². The molecule has 1 unspecified atom stereocenters. The molecular formula is C45H54N8O5Si. The van der Waals surface area contributed by atoms with Crippen molar-refractivity contribution in [3.8, 4) is 0 Å². The number of amides is 2. The molecule has 0 spiro atoms. The number of fused-ring (bicyclic) bond motifs is 2. The van der Waals surface area contributed by atoms with Crippen LogP contribution in [0.25, 0.3) is 21.9 Å². The third-order valence-corrected chi connectivity index (χ3v) is 16.5. The number of benzene rings is 3. The van der Waals surface area contributed by atoms with E-state index >= 15 is 0 Å². The summed E-state index contributed by atoms with van der Waals surface area (Å²) in [5.41, 5.74) is 4.29. The number of nitrogens with zero attached hydrogens (tertiary/aromatic N) is 6. The van der Waals surface area contributed by atoms with Crippen molar-refractivity contribution in [3.05, 3.63) is 108 Å². The minimum absolute atomic E-state index is 0.0278. The maximum Gasteiger partial charge on any atom is 0.413 e. The number of pyridine rings is 1. The second-order valence-corrected chi connectivity index (χ2v) is 20.5. The first-order valence-corrected chi connectivity index (χ1v) is 22.4. The van der Waals surface area contributed by atoms with Crippen molar-refractivity contribution in [2.75, 3.05) is 37.4 Å². The van der Waals surface area contributed by atoms with Gasteiger partial charge >= 0.3 is 12.2 Å². The molecule has 3 aromatic carbocycles. The Kier molecular flexibility index (Phi) is 12.6. The number of methoxy groups -OCH3 is 1. The molecule has 0 radical (unpaired) electrons. The van der Waals surface area contributed by atoms with Gasteiger partial charge in [-0.3, -0.25) is 15.0 Å². The highest BCUT2D eigenvalue weighted by Gasteiger charge is 2.50. The highest BCUT2D eigenvalue weighted by atomic mass is 28.4. The zero-order chi connectivity index (χ0) is 41.6. The van der Waals surface area contributed by atoms with Gasteiger partial charge in [-0.1, -0.05) is 113 Å². The molecule has 1 saturated heterocycles. The third-order valence-electron chi connectivity index (χ3n) is 11.5. The lowest BCUT2D eigenvalue weighted by molar-refractivity contribution is 0.132. The standard InChI is InChI=1S/C45H54N8O5Si/c1-6-14-33(24-28-58-59(45(2,3)4,34-15-9-7-10-16-34)35-17-11-8-12-18-35)48-41-40-38(49-42(50-41)51-43(54)57-5)29-47-53(40)30-32-20-21-36(37-19-13-25-46-39(32)37)31-22-26-52(27-23-31)44(55)56/h7-13,15-21,25,29,31,33H,6,14,22-24,26-28,30H2,1-5H3,(H,55,56)(H2,48,49,50,51,54). The molecule has 3 N–H and O–H groups in total. The maximum atomic E-state index is 12.4. The van der Waals surface area contributed by atoms with Gasteiger partial charge in [-0.15, -0.1) is 0 Å². The summed E-state index contributed by atoms with van der Waals surface area (Å²) in [7, 11) is -1.45. The predicted molar refractivity (Wildman–Crippen MR) is 234 cm³/mol. The Morgan fingerprint density at radius 2 is 1.63 bits per heavy atom. The summed E-state index contributed by atoms with van der Waals surface area (Å²) in [6, 6.07) is 29.6. The first-order chi connectivity index (χ1) is 28.5. The average Bonchev–Trinajstić information content (AvgIpc) is 3.65. The topological polar surface area (TPSA) is 157 Å². The highest BCUT2D eigenvalue weighted by Crippen LogP contribution is 2.38. The molecule has 14 heteroatoms. The second-order valence-electron chi connectivity index (χ2n) is 16.2. The van der Waals surface area contributed by atoms with Crippen molar-refractivity contribution in [2.24, 2.45) is 0 Å². The number of hydrogen-bond acceptors (Lipinski definition) is 9. The van der Waals surface area contributed by atoms with Crippen LogP contribution in [0.2, 0.25) is 5.04 Å². The van der Waals surface area contributed by atoms with E-state index in [-0.39, 0.29) is 22.9 Å². The molecule has 0 aliphatic carbocycles. The first kappa shape index (κ1) is 41.3. The van der Waals surface area contributed by atoms with Crippen LogP contribution in [0.15, 0.2) is 97.3 Å². The molecule has 1 atom stereocenters. The van der Waals surface area contributed by atoms with E-state index in [0.29, 0.717) is 49.5 Å². The van der Waals surface area contributed by atoms with Gasteiger partial charge in [0.25, 0.3) is 8.32 Å². The molecule has 1 aliphatic heterocycles. The molecule has 2 amide bonds. The van der Waals surface area contributed by atoms with Crippen LogP contribution in [0.5, 0.6) is 0 Å². The number of ether oxygens (including phenoxy) is 1. The molecule has 59 heavy (non-hydrogen) atoms.